The van der Waals surface area contributed by atoms with E-state index < -0.39 is 0 Å². The van der Waals surface area contributed by atoms with Crippen molar-refractivity contribution in [3.8, 4) is 0 Å². The van der Waals surface area contributed by atoms with Gasteiger partial charge in [-0.2, -0.15) is 0 Å². The molecule has 18 heavy (non-hydrogen) atoms. The molecule has 0 spiro atoms. The number of rotatable bonds is 4. The third-order valence-electron chi connectivity index (χ3n) is 4.97. The second-order valence-corrected chi connectivity index (χ2v) is 6.69. The maximum absolute atomic E-state index is 12.8. The first-order chi connectivity index (χ1) is 8.56. The first-order valence-electron chi connectivity index (χ1n) is 7.57. The number of carbonyl (C=O) groups is 1. The van der Waals surface area contributed by atoms with Gasteiger partial charge in [0.25, 0.3) is 0 Å². The molecule has 0 aromatic rings. The minimum atomic E-state index is 0.183. The number of hydrogen-bond donors (Lipinski definition) is 1. The highest BCUT2D eigenvalue weighted by Crippen LogP contribution is 2.44. The minimum absolute atomic E-state index is 0.183. The second kappa shape index (κ2) is 5.60. The van der Waals surface area contributed by atoms with Crippen molar-refractivity contribution in [2.75, 3.05) is 13.1 Å². The van der Waals surface area contributed by atoms with Crippen LogP contribution in [0, 0.1) is 11.3 Å². The van der Waals surface area contributed by atoms with Gasteiger partial charge in [-0.25, -0.2) is 0 Å². The fourth-order valence-electron chi connectivity index (χ4n) is 3.81. The molecule has 0 saturated heterocycles. The molecule has 0 bridgehead atoms. The largest absolute Gasteiger partial charge is 0.338 e. The average molecular weight is 252 g/mol. The first-order valence-corrected chi connectivity index (χ1v) is 7.57. The van der Waals surface area contributed by atoms with Crippen LogP contribution in [0.2, 0.25) is 0 Å². The lowest BCUT2D eigenvalue weighted by molar-refractivity contribution is -0.140. The van der Waals surface area contributed by atoms with E-state index >= 15 is 0 Å². The van der Waals surface area contributed by atoms with Crippen LogP contribution < -0.4 is 5.73 Å². The molecule has 3 heteroatoms. The van der Waals surface area contributed by atoms with Gasteiger partial charge in [-0.05, 0) is 31.1 Å². The molecule has 1 amide bonds. The van der Waals surface area contributed by atoms with Crippen molar-refractivity contribution in [2.24, 2.45) is 17.1 Å². The van der Waals surface area contributed by atoms with E-state index in [1.807, 2.05) is 0 Å². The van der Waals surface area contributed by atoms with Crippen molar-refractivity contribution in [3.63, 3.8) is 0 Å². The average Bonchev–Trinajstić information content (AvgIpc) is 2.94. The van der Waals surface area contributed by atoms with Crippen LogP contribution in [-0.4, -0.2) is 29.9 Å². The van der Waals surface area contributed by atoms with Gasteiger partial charge in [0.1, 0.15) is 0 Å². The van der Waals surface area contributed by atoms with Crippen molar-refractivity contribution >= 4 is 5.91 Å². The summed E-state index contributed by atoms with van der Waals surface area (Å²) in [5.74, 6) is 0.611. The molecule has 0 aromatic carbocycles. The highest BCUT2D eigenvalue weighted by Gasteiger charge is 2.42. The Morgan fingerprint density at radius 1 is 1.22 bits per heavy atom. The molecule has 2 N–H and O–H groups in total. The Bertz CT molecular complexity index is 295. The van der Waals surface area contributed by atoms with Gasteiger partial charge >= 0.3 is 0 Å². The van der Waals surface area contributed by atoms with Crippen molar-refractivity contribution in [1.29, 1.82) is 0 Å². The highest BCUT2D eigenvalue weighted by molar-refractivity contribution is 5.80. The standard InChI is InChI=1S/C15H28N2O/c1-15(2)9-5-8-13(15)14(18)17(11-10-16)12-6-3-4-7-12/h12-13H,3-11,16H2,1-2H3. The number of amides is 1. The molecule has 104 valence electrons. The molecule has 1 unspecified atom stereocenters. The summed E-state index contributed by atoms with van der Waals surface area (Å²) in [6.07, 6.45) is 8.35. The quantitative estimate of drug-likeness (QED) is 0.835. The zero-order valence-electron chi connectivity index (χ0n) is 12.0. The van der Waals surface area contributed by atoms with E-state index in [9.17, 15) is 4.79 Å². The molecule has 2 aliphatic carbocycles. The summed E-state index contributed by atoms with van der Waals surface area (Å²) < 4.78 is 0. The zero-order valence-corrected chi connectivity index (χ0v) is 12.0. The number of hydrogen-bond acceptors (Lipinski definition) is 2. The van der Waals surface area contributed by atoms with Crippen LogP contribution in [0.15, 0.2) is 0 Å². The lowest BCUT2D eigenvalue weighted by atomic mass is 9.81. The molecule has 0 aromatic heterocycles. The smallest absolute Gasteiger partial charge is 0.226 e. The molecule has 0 heterocycles. The molecule has 0 radical (unpaired) electrons. The fraction of sp³-hybridized carbons (Fsp3) is 0.933. The molecule has 2 aliphatic rings. The van der Waals surface area contributed by atoms with E-state index in [1.54, 1.807) is 0 Å². The van der Waals surface area contributed by atoms with Crippen LogP contribution in [0.3, 0.4) is 0 Å². The monoisotopic (exact) mass is 252 g/mol. The van der Waals surface area contributed by atoms with E-state index in [2.05, 4.69) is 18.7 Å². The van der Waals surface area contributed by atoms with Crippen LogP contribution in [0.25, 0.3) is 0 Å². The van der Waals surface area contributed by atoms with E-state index in [0.29, 0.717) is 18.5 Å². The Labute approximate surface area is 111 Å². The Balaban J connectivity index is 2.07. The Hall–Kier alpha value is -0.570. The van der Waals surface area contributed by atoms with E-state index in [0.717, 1.165) is 13.0 Å². The molecule has 1 atom stereocenters. The second-order valence-electron chi connectivity index (χ2n) is 6.69. The van der Waals surface area contributed by atoms with Crippen LogP contribution >= 0.6 is 0 Å². The molecule has 2 fully saturated rings. The number of carbonyl (C=O) groups excluding carboxylic acids is 1. The number of nitrogens with two attached hydrogens (primary N) is 1. The van der Waals surface area contributed by atoms with E-state index in [1.165, 1.54) is 38.5 Å². The van der Waals surface area contributed by atoms with Crippen LogP contribution in [0.5, 0.6) is 0 Å². The van der Waals surface area contributed by atoms with Gasteiger partial charge in [-0.3, -0.25) is 4.79 Å². The molecule has 2 rings (SSSR count). The van der Waals surface area contributed by atoms with Crippen LogP contribution in [0.4, 0.5) is 0 Å². The van der Waals surface area contributed by atoms with Gasteiger partial charge in [-0.1, -0.05) is 33.1 Å². The van der Waals surface area contributed by atoms with Crippen molar-refractivity contribution in [1.82, 2.24) is 4.90 Å². The summed E-state index contributed by atoms with van der Waals surface area (Å²) in [6, 6.07) is 0.470. The van der Waals surface area contributed by atoms with Gasteiger partial charge < -0.3 is 10.6 Å². The molecule has 3 nitrogen and oxygen atoms in total. The third-order valence-corrected chi connectivity index (χ3v) is 4.97. The van der Waals surface area contributed by atoms with Crippen LogP contribution in [0.1, 0.15) is 58.8 Å². The highest BCUT2D eigenvalue weighted by atomic mass is 16.2. The summed E-state index contributed by atoms with van der Waals surface area (Å²) in [7, 11) is 0. The molecular weight excluding hydrogens is 224 g/mol. The molecule has 0 aliphatic heterocycles. The lowest BCUT2D eigenvalue weighted by Gasteiger charge is -2.35. The van der Waals surface area contributed by atoms with E-state index in [-0.39, 0.29) is 11.3 Å². The lowest BCUT2D eigenvalue weighted by Crippen LogP contribution is -2.47. The predicted molar refractivity (Wildman–Crippen MR) is 74.1 cm³/mol. The molecule has 2 saturated carbocycles. The van der Waals surface area contributed by atoms with Gasteiger partial charge in [0.05, 0.1) is 0 Å². The van der Waals surface area contributed by atoms with Gasteiger partial charge in [0, 0.05) is 25.0 Å². The SMILES string of the molecule is CC1(C)CCCC1C(=O)N(CCN)C1CCCC1. The zero-order chi connectivity index (χ0) is 13.2. The Kier molecular flexibility index (Phi) is 4.31. The number of nitrogens with zero attached hydrogens (tertiary/aromatic N) is 1. The Morgan fingerprint density at radius 3 is 2.39 bits per heavy atom. The van der Waals surface area contributed by atoms with E-state index in [4.69, 9.17) is 5.73 Å². The third kappa shape index (κ3) is 2.71. The predicted octanol–water partition coefficient (Wildman–Crippen LogP) is 2.54. The van der Waals surface area contributed by atoms with Gasteiger partial charge in [-0.15, -0.1) is 0 Å². The van der Waals surface area contributed by atoms with Crippen LogP contribution in [-0.2, 0) is 4.79 Å². The maximum Gasteiger partial charge on any atom is 0.226 e. The normalized spacial score (nSPS) is 27.6. The summed E-state index contributed by atoms with van der Waals surface area (Å²) in [5, 5.41) is 0. The summed E-state index contributed by atoms with van der Waals surface area (Å²) in [5.41, 5.74) is 5.89. The first kappa shape index (κ1) is 13.9. The fourth-order valence-corrected chi connectivity index (χ4v) is 3.81. The van der Waals surface area contributed by atoms with Crippen molar-refractivity contribution in [2.45, 2.75) is 64.8 Å². The summed E-state index contributed by atoms with van der Waals surface area (Å²) >= 11 is 0. The van der Waals surface area contributed by atoms with Gasteiger partial charge in [0.15, 0.2) is 0 Å². The van der Waals surface area contributed by atoms with Crippen molar-refractivity contribution < 1.29 is 4.79 Å². The summed E-state index contributed by atoms with van der Waals surface area (Å²) in [4.78, 5) is 14.9. The topological polar surface area (TPSA) is 46.3 Å². The van der Waals surface area contributed by atoms with Crippen molar-refractivity contribution in [3.05, 3.63) is 0 Å². The molecular formula is C15H28N2O. The summed E-state index contributed by atoms with van der Waals surface area (Å²) in [6.45, 7) is 5.83. The van der Waals surface area contributed by atoms with Gasteiger partial charge in [0.2, 0.25) is 5.91 Å². The maximum atomic E-state index is 12.8. The minimum Gasteiger partial charge on any atom is -0.338 e. The Morgan fingerprint density at radius 2 is 1.89 bits per heavy atom.